The lowest BCUT2D eigenvalue weighted by Crippen LogP contribution is -2.46. The summed E-state index contributed by atoms with van der Waals surface area (Å²) in [5.74, 6) is -0.906. The minimum Gasteiger partial charge on any atom is -0.481 e. The molecule has 0 radical (unpaired) electrons. The van der Waals surface area contributed by atoms with Gasteiger partial charge in [0, 0.05) is 13.2 Å². The SMILES string of the molecule is CCC(CNC(=O)OC(C)(C)C)(CC1CCCO1)C(=O)O. The van der Waals surface area contributed by atoms with Crippen molar-refractivity contribution in [3.05, 3.63) is 0 Å². The number of hydrogen-bond acceptors (Lipinski definition) is 4. The molecule has 0 aromatic rings. The van der Waals surface area contributed by atoms with Crippen molar-refractivity contribution >= 4 is 12.1 Å². The summed E-state index contributed by atoms with van der Waals surface area (Å²) in [6.45, 7) is 7.85. The van der Waals surface area contributed by atoms with E-state index in [1.54, 1.807) is 20.8 Å². The molecule has 2 unspecified atom stereocenters. The number of carboxylic acid groups (broad SMARTS) is 1. The van der Waals surface area contributed by atoms with E-state index >= 15 is 0 Å². The maximum atomic E-state index is 11.7. The number of carbonyl (C=O) groups excluding carboxylic acids is 1. The van der Waals surface area contributed by atoms with Crippen LogP contribution in [0.3, 0.4) is 0 Å². The molecule has 2 N–H and O–H groups in total. The van der Waals surface area contributed by atoms with Gasteiger partial charge in [0.15, 0.2) is 0 Å². The highest BCUT2D eigenvalue weighted by atomic mass is 16.6. The second kappa shape index (κ2) is 7.11. The first-order chi connectivity index (χ1) is 9.68. The van der Waals surface area contributed by atoms with E-state index < -0.39 is 23.1 Å². The summed E-state index contributed by atoms with van der Waals surface area (Å²) < 4.78 is 10.7. The lowest BCUT2D eigenvalue weighted by Gasteiger charge is -2.31. The molecule has 1 aliphatic rings. The van der Waals surface area contributed by atoms with Crippen molar-refractivity contribution < 1.29 is 24.2 Å². The number of carbonyl (C=O) groups is 2. The van der Waals surface area contributed by atoms with Gasteiger partial charge in [0.2, 0.25) is 0 Å². The molecule has 1 fully saturated rings. The van der Waals surface area contributed by atoms with E-state index in [2.05, 4.69) is 5.32 Å². The van der Waals surface area contributed by atoms with Gasteiger partial charge in [-0.3, -0.25) is 4.79 Å². The molecule has 0 bridgehead atoms. The molecule has 1 rings (SSSR count). The van der Waals surface area contributed by atoms with E-state index in [4.69, 9.17) is 9.47 Å². The Balaban J connectivity index is 2.64. The molecule has 122 valence electrons. The number of ether oxygens (including phenoxy) is 2. The summed E-state index contributed by atoms with van der Waals surface area (Å²) in [4.78, 5) is 23.4. The van der Waals surface area contributed by atoms with E-state index in [0.717, 1.165) is 12.8 Å². The summed E-state index contributed by atoms with van der Waals surface area (Å²) >= 11 is 0. The number of alkyl carbamates (subject to hydrolysis) is 1. The third-order valence-electron chi connectivity index (χ3n) is 3.74. The monoisotopic (exact) mass is 301 g/mol. The van der Waals surface area contributed by atoms with Gasteiger partial charge in [-0.2, -0.15) is 0 Å². The van der Waals surface area contributed by atoms with Crippen molar-refractivity contribution in [2.45, 2.75) is 65.1 Å². The summed E-state index contributed by atoms with van der Waals surface area (Å²) in [5, 5.41) is 12.2. The molecule has 0 aromatic carbocycles. The van der Waals surface area contributed by atoms with Gasteiger partial charge >= 0.3 is 12.1 Å². The molecular weight excluding hydrogens is 274 g/mol. The molecule has 0 aliphatic carbocycles. The minimum absolute atomic E-state index is 0.0403. The van der Waals surface area contributed by atoms with Crippen molar-refractivity contribution in [2.75, 3.05) is 13.2 Å². The molecule has 1 aliphatic heterocycles. The van der Waals surface area contributed by atoms with Crippen LogP contribution in [0.4, 0.5) is 4.79 Å². The van der Waals surface area contributed by atoms with Gasteiger partial charge in [-0.25, -0.2) is 4.79 Å². The van der Waals surface area contributed by atoms with Crippen LogP contribution < -0.4 is 5.32 Å². The van der Waals surface area contributed by atoms with Gasteiger partial charge < -0.3 is 19.9 Å². The van der Waals surface area contributed by atoms with Gasteiger partial charge in [-0.15, -0.1) is 0 Å². The third kappa shape index (κ3) is 5.53. The van der Waals surface area contributed by atoms with E-state index in [-0.39, 0.29) is 12.6 Å². The zero-order chi connectivity index (χ0) is 16.1. The Morgan fingerprint density at radius 2 is 2.05 bits per heavy atom. The topological polar surface area (TPSA) is 84.9 Å². The van der Waals surface area contributed by atoms with Crippen LogP contribution >= 0.6 is 0 Å². The van der Waals surface area contributed by atoms with Gasteiger partial charge in [0.1, 0.15) is 5.60 Å². The fourth-order valence-corrected chi connectivity index (χ4v) is 2.45. The van der Waals surface area contributed by atoms with Gasteiger partial charge in [0.05, 0.1) is 11.5 Å². The van der Waals surface area contributed by atoms with Crippen molar-refractivity contribution in [2.24, 2.45) is 5.41 Å². The quantitative estimate of drug-likeness (QED) is 0.787. The maximum Gasteiger partial charge on any atom is 0.407 e. The predicted molar refractivity (Wildman–Crippen MR) is 78.2 cm³/mol. The molecule has 21 heavy (non-hydrogen) atoms. The van der Waals surface area contributed by atoms with E-state index in [1.165, 1.54) is 0 Å². The Labute approximate surface area is 126 Å². The number of amides is 1. The number of carboxylic acids is 1. The molecule has 1 saturated heterocycles. The van der Waals surface area contributed by atoms with Crippen LogP contribution in [-0.4, -0.2) is 42.0 Å². The van der Waals surface area contributed by atoms with Crippen molar-refractivity contribution in [3.8, 4) is 0 Å². The summed E-state index contributed by atoms with van der Waals surface area (Å²) in [7, 11) is 0. The predicted octanol–water partition coefficient (Wildman–Crippen LogP) is 2.56. The fourth-order valence-electron chi connectivity index (χ4n) is 2.45. The molecule has 0 saturated carbocycles. The smallest absolute Gasteiger partial charge is 0.407 e. The first kappa shape index (κ1) is 17.8. The van der Waals surface area contributed by atoms with Crippen LogP contribution in [0.15, 0.2) is 0 Å². The summed E-state index contributed by atoms with van der Waals surface area (Å²) in [6.07, 6.45) is 2.05. The number of rotatable bonds is 6. The average molecular weight is 301 g/mol. The Morgan fingerprint density at radius 1 is 1.38 bits per heavy atom. The average Bonchev–Trinajstić information content (AvgIpc) is 2.84. The zero-order valence-electron chi connectivity index (χ0n) is 13.4. The van der Waals surface area contributed by atoms with Crippen LogP contribution in [-0.2, 0) is 14.3 Å². The molecular formula is C15H27NO5. The van der Waals surface area contributed by atoms with Crippen molar-refractivity contribution in [3.63, 3.8) is 0 Å². The van der Waals surface area contributed by atoms with E-state index in [9.17, 15) is 14.7 Å². The van der Waals surface area contributed by atoms with Gasteiger partial charge in [0.25, 0.3) is 0 Å². The Hall–Kier alpha value is -1.30. The zero-order valence-corrected chi connectivity index (χ0v) is 13.4. The van der Waals surface area contributed by atoms with Crippen molar-refractivity contribution in [1.29, 1.82) is 0 Å². The first-order valence-corrected chi connectivity index (χ1v) is 7.50. The molecule has 2 atom stereocenters. The highest BCUT2D eigenvalue weighted by molar-refractivity contribution is 5.76. The molecule has 6 nitrogen and oxygen atoms in total. The Kier molecular flexibility index (Phi) is 6.01. The second-order valence-corrected chi connectivity index (χ2v) is 6.63. The highest BCUT2D eigenvalue weighted by Gasteiger charge is 2.40. The van der Waals surface area contributed by atoms with E-state index in [0.29, 0.717) is 19.4 Å². The third-order valence-corrected chi connectivity index (χ3v) is 3.74. The highest BCUT2D eigenvalue weighted by Crippen LogP contribution is 2.32. The van der Waals surface area contributed by atoms with Crippen LogP contribution in [0.2, 0.25) is 0 Å². The summed E-state index contributed by atoms with van der Waals surface area (Å²) in [6, 6.07) is 0. The largest absolute Gasteiger partial charge is 0.481 e. The molecule has 1 amide bonds. The Bertz CT molecular complexity index is 371. The molecule has 1 heterocycles. The molecule has 6 heteroatoms. The van der Waals surface area contributed by atoms with Crippen LogP contribution in [0.5, 0.6) is 0 Å². The lowest BCUT2D eigenvalue weighted by molar-refractivity contribution is -0.151. The van der Waals surface area contributed by atoms with Gasteiger partial charge in [-0.05, 0) is 46.5 Å². The van der Waals surface area contributed by atoms with Crippen LogP contribution in [0, 0.1) is 5.41 Å². The fraction of sp³-hybridized carbons (Fsp3) is 0.867. The van der Waals surface area contributed by atoms with Crippen molar-refractivity contribution in [1.82, 2.24) is 5.32 Å². The first-order valence-electron chi connectivity index (χ1n) is 7.50. The standard InChI is InChI=1S/C15H27NO5/c1-5-15(12(17)18,9-11-7-6-8-20-11)10-16-13(19)21-14(2,3)4/h11H,5-10H2,1-4H3,(H,16,19)(H,17,18). The minimum atomic E-state index is -1.01. The molecule has 0 spiro atoms. The number of nitrogens with one attached hydrogen (secondary N) is 1. The second-order valence-electron chi connectivity index (χ2n) is 6.63. The molecule has 0 aromatic heterocycles. The summed E-state index contributed by atoms with van der Waals surface area (Å²) in [5.41, 5.74) is -1.61. The lowest BCUT2D eigenvalue weighted by atomic mass is 9.79. The normalized spacial score (nSPS) is 21.6. The van der Waals surface area contributed by atoms with Crippen LogP contribution in [0.25, 0.3) is 0 Å². The van der Waals surface area contributed by atoms with Crippen LogP contribution in [0.1, 0.15) is 53.4 Å². The Morgan fingerprint density at radius 3 is 2.48 bits per heavy atom. The maximum absolute atomic E-state index is 11.7. The van der Waals surface area contributed by atoms with E-state index in [1.807, 2.05) is 6.92 Å². The van der Waals surface area contributed by atoms with Gasteiger partial charge in [-0.1, -0.05) is 6.92 Å². The number of hydrogen-bond donors (Lipinski definition) is 2. The number of aliphatic carboxylic acids is 1.